The van der Waals surface area contributed by atoms with E-state index in [1.165, 1.54) is 6.42 Å². The van der Waals surface area contributed by atoms with E-state index in [9.17, 15) is 0 Å². The quantitative estimate of drug-likeness (QED) is 0.523. The molecule has 0 saturated heterocycles. The minimum Gasteiger partial charge on any atom is -0.0876 e. The number of hydrogen-bond donors (Lipinski definition) is 0. The van der Waals surface area contributed by atoms with Gasteiger partial charge in [0.2, 0.25) is 0 Å². The Hall–Kier alpha value is -0.260. The molecule has 1 atom stereocenters. The van der Waals surface area contributed by atoms with Crippen molar-refractivity contribution in [2.75, 3.05) is 0 Å². The highest BCUT2D eigenvalue weighted by atomic mass is 14.5. The molecule has 0 radical (unpaired) electrons. The van der Waals surface area contributed by atoms with E-state index in [1.54, 1.807) is 5.57 Å². The standard InChI is InChI=1S/C17H34/c1-11-14(13(2)3)17(10,16(7,8)9)12-15(4,5)6/h11,13H,12H2,1-10H3. The van der Waals surface area contributed by atoms with Gasteiger partial charge in [-0.25, -0.2) is 0 Å². The van der Waals surface area contributed by atoms with Gasteiger partial charge in [0.25, 0.3) is 0 Å². The molecule has 0 aliphatic carbocycles. The Balaban J connectivity index is 5.57. The molecular weight excluding hydrogens is 204 g/mol. The van der Waals surface area contributed by atoms with Crippen LogP contribution in [-0.2, 0) is 0 Å². The lowest BCUT2D eigenvalue weighted by atomic mass is 9.56. The van der Waals surface area contributed by atoms with Gasteiger partial charge in [-0.2, -0.15) is 0 Å². The van der Waals surface area contributed by atoms with E-state index in [2.05, 4.69) is 75.3 Å². The second-order valence-electron chi connectivity index (χ2n) is 8.22. The molecule has 0 rings (SSSR count). The van der Waals surface area contributed by atoms with Gasteiger partial charge in [0.15, 0.2) is 0 Å². The van der Waals surface area contributed by atoms with E-state index in [0.717, 1.165) is 0 Å². The molecular formula is C17H34. The van der Waals surface area contributed by atoms with Crippen LogP contribution in [0.5, 0.6) is 0 Å². The molecule has 0 bridgehead atoms. The molecule has 102 valence electrons. The summed E-state index contributed by atoms with van der Waals surface area (Å²) in [5.74, 6) is 0.631. The molecule has 0 amide bonds. The predicted octanol–water partition coefficient (Wildman–Crippen LogP) is 6.08. The van der Waals surface area contributed by atoms with E-state index in [-0.39, 0.29) is 5.41 Å². The maximum atomic E-state index is 2.45. The molecule has 0 spiro atoms. The lowest BCUT2D eigenvalue weighted by Crippen LogP contribution is -2.39. The third-order valence-corrected chi connectivity index (χ3v) is 4.11. The summed E-state index contributed by atoms with van der Waals surface area (Å²) >= 11 is 0. The average Bonchev–Trinajstić information content (AvgIpc) is 1.97. The van der Waals surface area contributed by atoms with E-state index >= 15 is 0 Å². The van der Waals surface area contributed by atoms with Crippen LogP contribution in [0.25, 0.3) is 0 Å². The Kier molecular flexibility index (Phi) is 5.08. The van der Waals surface area contributed by atoms with Crippen molar-refractivity contribution < 1.29 is 0 Å². The van der Waals surface area contributed by atoms with Crippen LogP contribution in [0.15, 0.2) is 11.6 Å². The van der Waals surface area contributed by atoms with Gasteiger partial charge in [-0.3, -0.25) is 0 Å². The zero-order valence-electron chi connectivity index (χ0n) is 13.9. The van der Waals surface area contributed by atoms with Crippen LogP contribution in [0.3, 0.4) is 0 Å². The third-order valence-electron chi connectivity index (χ3n) is 4.11. The summed E-state index contributed by atoms with van der Waals surface area (Å²) in [6.45, 7) is 23.5. The minimum absolute atomic E-state index is 0.272. The minimum atomic E-state index is 0.272. The molecule has 0 aromatic rings. The van der Waals surface area contributed by atoms with Gasteiger partial charge in [0.05, 0.1) is 0 Å². The highest BCUT2D eigenvalue weighted by molar-refractivity contribution is 5.19. The van der Waals surface area contributed by atoms with Gasteiger partial charge >= 0.3 is 0 Å². The normalized spacial score (nSPS) is 18.4. The predicted molar refractivity (Wildman–Crippen MR) is 80.2 cm³/mol. The van der Waals surface area contributed by atoms with Crippen molar-refractivity contribution in [1.82, 2.24) is 0 Å². The van der Waals surface area contributed by atoms with Gasteiger partial charge < -0.3 is 0 Å². The van der Waals surface area contributed by atoms with Crippen molar-refractivity contribution in [2.45, 2.75) is 75.7 Å². The molecule has 0 aromatic heterocycles. The summed E-state index contributed by atoms with van der Waals surface area (Å²) in [6, 6.07) is 0. The first kappa shape index (κ1) is 16.7. The van der Waals surface area contributed by atoms with Crippen molar-refractivity contribution in [1.29, 1.82) is 0 Å². The van der Waals surface area contributed by atoms with Crippen LogP contribution in [0.4, 0.5) is 0 Å². The van der Waals surface area contributed by atoms with E-state index in [1.807, 2.05) is 0 Å². The van der Waals surface area contributed by atoms with Crippen LogP contribution in [-0.4, -0.2) is 0 Å². The zero-order valence-corrected chi connectivity index (χ0v) is 13.9. The summed E-state index contributed by atoms with van der Waals surface area (Å²) in [5.41, 5.74) is 2.55. The Morgan fingerprint density at radius 3 is 1.53 bits per heavy atom. The van der Waals surface area contributed by atoms with Gasteiger partial charge in [-0.15, -0.1) is 0 Å². The van der Waals surface area contributed by atoms with Crippen LogP contribution in [0.2, 0.25) is 0 Å². The lowest BCUT2D eigenvalue weighted by Gasteiger charge is -2.49. The van der Waals surface area contributed by atoms with Crippen molar-refractivity contribution >= 4 is 0 Å². The molecule has 0 heteroatoms. The number of allylic oxidation sites excluding steroid dienone is 2. The van der Waals surface area contributed by atoms with Gasteiger partial charge in [-0.05, 0) is 35.5 Å². The fourth-order valence-corrected chi connectivity index (χ4v) is 3.15. The lowest BCUT2D eigenvalue weighted by molar-refractivity contribution is 0.0829. The first-order valence-electron chi connectivity index (χ1n) is 7.02. The van der Waals surface area contributed by atoms with Crippen LogP contribution >= 0.6 is 0 Å². The Labute approximate surface area is 110 Å². The maximum Gasteiger partial charge on any atom is -0.00605 e. The smallest absolute Gasteiger partial charge is 0.00605 e. The Morgan fingerprint density at radius 1 is 0.941 bits per heavy atom. The van der Waals surface area contributed by atoms with E-state index < -0.39 is 0 Å². The van der Waals surface area contributed by atoms with Gasteiger partial charge in [0, 0.05) is 0 Å². The maximum absolute atomic E-state index is 2.45. The highest BCUT2D eigenvalue weighted by Gasteiger charge is 2.43. The van der Waals surface area contributed by atoms with Crippen LogP contribution < -0.4 is 0 Å². The summed E-state index contributed by atoms with van der Waals surface area (Å²) < 4.78 is 0. The number of hydrogen-bond acceptors (Lipinski definition) is 0. The summed E-state index contributed by atoms with van der Waals surface area (Å²) in [7, 11) is 0. The average molecular weight is 238 g/mol. The number of rotatable bonds is 3. The SMILES string of the molecule is CC=C(C(C)C)C(C)(CC(C)(C)C)C(C)(C)C. The molecule has 0 fully saturated rings. The molecule has 0 heterocycles. The second kappa shape index (κ2) is 5.16. The van der Waals surface area contributed by atoms with Gasteiger partial charge in [-0.1, -0.05) is 74.0 Å². The highest BCUT2D eigenvalue weighted by Crippen LogP contribution is 2.53. The van der Waals surface area contributed by atoms with E-state index in [0.29, 0.717) is 16.7 Å². The van der Waals surface area contributed by atoms with Crippen molar-refractivity contribution in [2.24, 2.45) is 22.2 Å². The molecule has 0 N–H and O–H groups in total. The molecule has 17 heavy (non-hydrogen) atoms. The third kappa shape index (κ3) is 4.16. The van der Waals surface area contributed by atoms with Crippen LogP contribution in [0, 0.1) is 22.2 Å². The first-order chi connectivity index (χ1) is 7.35. The van der Waals surface area contributed by atoms with Crippen molar-refractivity contribution in [3.8, 4) is 0 Å². The summed E-state index contributed by atoms with van der Waals surface area (Å²) in [5, 5.41) is 0. The Bertz CT molecular complexity index is 267. The topological polar surface area (TPSA) is 0 Å². The monoisotopic (exact) mass is 238 g/mol. The molecule has 0 aromatic carbocycles. The van der Waals surface area contributed by atoms with Crippen LogP contribution in [0.1, 0.15) is 75.7 Å². The summed E-state index contributed by atoms with van der Waals surface area (Å²) in [4.78, 5) is 0. The molecule has 0 saturated carbocycles. The summed E-state index contributed by atoms with van der Waals surface area (Å²) in [6.07, 6.45) is 3.59. The fraction of sp³-hybridized carbons (Fsp3) is 0.882. The molecule has 1 unspecified atom stereocenters. The van der Waals surface area contributed by atoms with E-state index in [4.69, 9.17) is 0 Å². The Morgan fingerprint density at radius 2 is 1.35 bits per heavy atom. The second-order valence-corrected chi connectivity index (χ2v) is 8.22. The molecule has 0 aliphatic heterocycles. The van der Waals surface area contributed by atoms with Crippen molar-refractivity contribution in [3.63, 3.8) is 0 Å². The molecule has 0 nitrogen and oxygen atoms in total. The van der Waals surface area contributed by atoms with Gasteiger partial charge in [0.1, 0.15) is 0 Å². The largest absolute Gasteiger partial charge is 0.0876 e. The molecule has 0 aliphatic rings. The first-order valence-corrected chi connectivity index (χ1v) is 7.02. The zero-order chi connectivity index (χ0) is 14.1. The van der Waals surface area contributed by atoms with Crippen molar-refractivity contribution in [3.05, 3.63) is 11.6 Å². The fourth-order valence-electron chi connectivity index (χ4n) is 3.15.